The first-order chi connectivity index (χ1) is 13.2. The van der Waals surface area contributed by atoms with Crippen LogP contribution in [-0.4, -0.2) is 47.3 Å². The third-order valence-corrected chi connectivity index (χ3v) is 4.73. The lowest BCUT2D eigenvalue weighted by molar-refractivity contribution is 0.208. The monoisotopic (exact) mass is 365 g/mol. The molecule has 2 N–H and O–H groups in total. The Hall–Kier alpha value is -3.35. The van der Waals surface area contributed by atoms with Crippen LogP contribution in [0.15, 0.2) is 60.9 Å². The highest BCUT2D eigenvalue weighted by Gasteiger charge is 2.21. The summed E-state index contributed by atoms with van der Waals surface area (Å²) < 4.78 is 13.9. The summed E-state index contributed by atoms with van der Waals surface area (Å²) in [6.45, 7) is 2.77. The van der Waals surface area contributed by atoms with Crippen molar-refractivity contribution >= 4 is 17.4 Å². The van der Waals surface area contributed by atoms with Gasteiger partial charge in [-0.2, -0.15) is 5.10 Å². The number of rotatable bonds is 3. The minimum absolute atomic E-state index is 0.119. The van der Waals surface area contributed by atoms with Gasteiger partial charge in [0, 0.05) is 43.6 Å². The number of hydrogen-bond donors (Lipinski definition) is 2. The SMILES string of the molecule is O=C(Nc1cn[nH]c1)N1CCN(c2ccc(-c3ccccc3F)cc2)CC1. The van der Waals surface area contributed by atoms with Crippen molar-refractivity contribution in [3.63, 3.8) is 0 Å². The van der Waals surface area contributed by atoms with Gasteiger partial charge in [0.15, 0.2) is 0 Å². The number of halogens is 1. The summed E-state index contributed by atoms with van der Waals surface area (Å²) in [4.78, 5) is 16.3. The minimum Gasteiger partial charge on any atom is -0.368 e. The molecule has 1 aromatic heterocycles. The zero-order valence-corrected chi connectivity index (χ0v) is 14.7. The van der Waals surface area contributed by atoms with Crippen LogP contribution in [0.3, 0.4) is 0 Å². The first-order valence-corrected chi connectivity index (χ1v) is 8.85. The Labute approximate surface area is 156 Å². The molecule has 7 heteroatoms. The van der Waals surface area contributed by atoms with E-state index in [0.717, 1.165) is 24.3 Å². The Morgan fingerprint density at radius 2 is 1.78 bits per heavy atom. The number of nitrogens with zero attached hydrogens (tertiary/aromatic N) is 3. The van der Waals surface area contributed by atoms with Gasteiger partial charge in [-0.05, 0) is 23.8 Å². The highest BCUT2D eigenvalue weighted by Crippen LogP contribution is 2.26. The lowest BCUT2D eigenvalue weighted by Crippen LogP contribution is -2.50. The van der Waals surface area contributed by atoms with Gasteiger partial charge in [-0.3, -0.25) is 5.10 Å². The second kappa shape index (κ2) is 7.49. The number of nitrogens with one attached hydrogen (secondary N) is 2. The molecular weight excluding hydrogens is 345 g/mol. The minimum atomic E-state index is -0.220. The molecule has 27 heavy (non-hydrogen) atoms. The van der Waals surface area contributed by atoms with E-state index in [0.29, 0.717) is 24.3 Å². The number of piperazine rings is 1. The largest absolute Gasteiger partial charge is 0.368 e. The van der Waals surface area contributed by atoms with E-state index in [1.54, 1.807) is 29.4 Å². The molecule has 2 heterocycles. The average Bonchev–Trinajstić information content (AvgIpc) is 3.22. The van der Waals surface area contributed by atoms with Crippen LogP contribution in [0, 0.1) is 5.82 Å². The van der Waals surface area contributed by atoms with Gasteiger partial charge in [0.1, 0.15) is 5.82 Å². The standard InChI is InChI=1S/C20H20FN5O/c21-19-4-2-1-3-18(19)15-5-7-17(8-6-15)25-9-11-26(12-10-25)20(27)24-16-13-22-23-14-16/h1-8,13-14H,9-12H2,(H,22,23)(H,24,27). The van der Waals surface area contributed by atoms with Gasteiger partial charge in [-0.15, -0.1) is 0 Å². The number of amides is 2. The molecule has 0 bridgehead atoms. The second-order valence-corrected chi connectivity index (χ2v) is 6.42. The van der Waals surface area contributed by atoms with E-state index in [-0.39, 0.29) is 11.8 Å². The van der Waals surface area contributed by atoms with Gasteiger partial charge in [-0.25, -0.2) is 9.18 Å². The van der Waals surface area contributed by atoms with E-state index >= 15 is 0 Å². The van der Waals surface area contributed by atoms with Crippen LogP contribution in [-0.2, 0) is 0 Å². The van der Waals surface area contributed by atoms with Crippen LogP contribution in [0.2, 0.25) is 0 Å². The highest BCUT2D eigenvalue weighted by molar-refractivity contribution is 5.89. The summed E-state index contributed by atoms with van der Waals surface area (Å²) in [6, 6.07) is 14.5. The van der Waals surface area contributed by atoms with Crippen molar-refractivity contribution in [3.05, 3.63) is 66.7 Å². The van der Waals surface area contributed by atoms with Crippen molar-refractivity contribution in [2.24, 2.45) is 0 Å². The van der Waals surface area contributed by atoms with Gasteiger partial charge in [0.25, 0.3) is 0 Å². The third kappa shape index (κ3) is 3.76. The summed E-state index contributed by atoms with van der Waals surface area (Å²) >= 11 is 0. The first kappa shape index (κ1) is 17.1. The number of anilines is 2. The van der Waals surface area contributed by atoms with Crippen molar-refractivity contribution in [2.75, 3.05) is 36.4 Å². The average molecular weight is 365 g/mol. The maximum absolute atomic E-state index is 13.9. The summed E-state index contributed by atoms with van der Waals surface area (Å²) in [5.41, 5.74) is 3.19. The van der Waals surface area contributed by atoms with Crippen molar-refractivity contribution < 1.29 is 9.18 Å². The molecule has 2 aromatic carbocycles. The number of aromatic nitrogens is 2. The Morgan fingerprint density at radius 1 is 1.04 bits per heavy atom. The predicted molar refractivity (Wildman–Crippen MR) is 103 cm³/mol. The fraction of sp³-hybridized carbons (Fsp3) is 0.200. The van der Waals surface area contributed by atoms with E-state index < -0.39 is 0 Å². The van der Waals surface area contributed by atoms with Crippen LogP contribution in [0.25, 0.3) is 11.1 Å². The Balaban J connectivity index is 1.37. The second-order valence-electron chi connectivity index (χ2n) is 6.42. The zero-order valence-electron chi connectivity index (χ0n) is 14.7. The number of aromatic amines is 1. The Morgan fingerprint density at radius 3 is 2.44 bits per heavy atom. The van der Waals surface area contributed by atoms with E-state index in [1.807, 2.05) is 30.3 Å². The van der Waals surface area contributed by atoms with Gasteiger partial charge in [-0.1, -0.05) is 30.3 Å². The molecular formula is C20H20FN5O. The molecule has 0 aliphatic carbocycles. The molecule has 0 saturated carbocycles. The lowest BCUT2D eigenvalue weighted by Gasteiger charge is -2.36. The van der Waals surface area contributed by atoms with Crippen LogP contribution in [0.1, 0.15) is 0 Å². The molecule has 1 aliphatic rings. The van der Waals surface area contributed by atoms with Crippen molar-refractivity contribution in [2.45, 2.75) is 0 Å². The van der Waals surface area contributed by atoms with E-state index in [1.165, 1.54) is 6.07 Å². The van der Waals surface area contributed by atoms with Gasteiger partial charge < -0.3 is 15.1 Å². The Kier molecular flexibility index (Phi) is 4.74. The molecule has 138 valence electrons. The fourth-order valence-corrected chi connectivity index (χ4v) is 3.24. The molecule has 0 unspecified atom stereocenters. The predicted octanol–water partition coefficient (Wildman–Crippen LogP) is 3.57. The number of carbonyl (C=O) groups excluding carboxylic acids is 1. The fourth-order valence-electron chi connectivity index (χ4n) is 3.24. The maximum Gasteiger partial charge on any atom is 0.322 e. The van der Waals surface area contributed by atoms with Crippen LogP contribution < -0.4 is 10.2 Å². The molecule has 3 aromatic rings. The summed E-state index contributed by atoms with van der Waals surface area (Å²) in [7, 11) is 0. The molecule has 0 spiro atoms. The quantitative estimate of drug-likeness (QED) is 0.746. The normalized spacial score (nSPS) is 14.3. The number of hydrogen-bond acceptors (Lipinski definition) is 3. The maximum atomic E-state index is 13.9. The summed E-state index contributed by atoms with van der Waals surface area (Å²) in [5.74, 6) is -0.220. The molecule has 4 rings (SSSR count). The topological polar surface area (TPSA) is 64.3 Å². The van der Waals surface area contributed by atoms with E-state index in [4.69, 9.17) is 0 Å². The number of benzene rings is 2. The molecule has 6 nitrogen and oxygen atoms in total. The molecule has 1 saturated heterocycles. The van der Waals surface area contributed by atoms with E-state index in [9.17, 15) is 9.18 Å². The number of H-pyrrole nitrogens is 1. The summed E-state index contributed by atoms with van der Waals surface area (Å²) in [5, 5.41) is 9.30. The van der Waals surface area contributed by atoms with Crippen LogP contribution in [0.4, 0.5) is 20.6 Å². The molecule has 0 atom stereocenters. The molecule has 0 radical (unpaired) electrons. The molecule has 1 fully saturated rings. The van der Waals surface area contributed by atoms with Crippen molar-refractivity contribution in [3.8, 4) is 11.1 Å². The van der Waals surface area contributed by atoms with Gasteiger partial charge >= 0.3 is 6.03 Å². The number of carbonyl (C=O) groups is 1. The van der Waals surface area contributed by atoms with Gasteiger partial charge in [0.05, 0.1) is 11.9 Å². The van der Waals surface area contributed by atoms with E-state index in [2.05, 4.69) is 20.4 Å². The Bertz CT molecular complexity index is 902. The van der Waals surface area contributed by atoms with Gasteiger partial charge in [0.2, 0.25) is 0 Å². The van der Waals surface area contributed by atoms with Crippen molar-refractivity contribution in [1.29, 1.82) is 0 Å². The smallest absolute Gasteiger partial charge is 0.322 e. The van der Waals surface area contributed by atoms with Crippen molar-refractivity contribution in [1.82, 2.24) is 15.1 Å². The molecule has 2 amide bonds. The third-order valence-electron chi connectivity index (χ3n) is 4.73. The first-order valence-electron chi connectivity index (χ1n) is 8.85. The highest BCUT2D eigenvalue weighted by atomic mass is 19.1. The molecule has 1 aliphatic heterocycles. The van der Waals surface area contributed by atoms with Crippen LogP contribution >= 0.6 is 0 Å². The van der Waals surface area contributed by atoms with Crippen LogP contribution in [0.5, 0.6) is 0 Å². The lowest BCUT2D eigenvalue weighted by atomic mass is 10.0. The summed E-state index contributed by atoms with van der Waals surface area (Å²) in [6.07, 6.45) is 3.22. The number of urea groups is 1. The zero-order chi connectivity index (χ0) is 18.6.